The summed E-state index contributed by atoms with van der Waals surface area (Å²) in [5.41, 5.74) is 2.68. The van der Waals surface area contributed by atoms with Gasteiger partial charge in [-0.3, -0.25) is 4.79 Å². The van der Waals surface area contributed by atoms with Crippen LogP contribution in [0.1, 0.15) is 51.2 Å². The summed E-state index contributed by atoms with van der Waals surface area (Å²) in [6, 6.07) is 21.1. The lowest BCUT2D eigenvalue weighted by Crippen LogP contribution is -2.39. The Kier molecular flexibility index (Phi) is 8.56. The van der Waals surface area contributed by atoms with Gasteiger partial charge < -0.3 is 10.1 Å². The molecule has 0 aliphatic heterocycles. The van der Waals surface area contributed by atoms with E-state index in [1.807, 2.05) is 70.2 Å². The molecule has 1 N–H and O–H groups in total. The van der Waals surface area contributed by atoms with Crippen molar-refractivity contribution in [3.63, 3.8) is 0 Å². The Balaban J connectivity index is 1.79. The molecule has 0 amide bonds. The highest BCUT2D eigenvalue weighted by molar-refractivity contribution is 5.72. The average molecular weight is 466 g/mol. The third-order valence-electron chi connectivity index (χ3n) is 5.76. The standard InChI is InChI=1S/C29H33F2NO2/c1-20(32-19-28(33)34-29(2,3)4)25(16-12-21-10-14-24(30)15-11-21)23-13-17-26(27(31)18-23)22-8-6-5-7-9-22/h5-11,13-15,17-18,20,25,32H,12,16,19H2,1-4H3. The van der Waals surface area contributed by atoms with E-state index in [0.29, 0.717) is 18.4 Å². The van der Waals surface area contributed by atoms with E-state index < -0.39 is 5.60 Å². The predicted molar refractivity (Wildman–Crippen MR) is 133 cm³/mol. The van der Waals surface area contributed by atoms with Crippen molar-refractivity contribution >= 4 is 5.97 Å². The van der Waals surface area contributed by atoms with Gasteiger partial charge in [-0.05, 0) is 81.3 Å². The lowest BCUT2D eigenvalue weighted by Gasteiger charge is -2.27. The maximum absolute atomic E-state index is 15.1. The Bertz CT molecular complexity index is 1080. The lowest BCUT2D eigenvalue weighted by atomic mass is 9.86. The summed E-state index contributed by atoms with van der Waals surface area (Å²) in [7, 11) is 0. The molecule has 2 atom stereocenters. The van der Waals surface area contributed by atoms with Crippen molar-refractivity contribution in [3.8, 4) is 11.1 Å². The van der Waals surface area contributed by atoms with Crippen LogP contribution in [-0.4, -0.2) is 24.2 Å². The molecule has 5 heteroatoms. The Labute approximate surface area is 201 Å². The first-order valence-electron chi connectivity index (χ1n) is 11.7. The minimum atomic E-state index is -0.555. The summed E-state index contributed by atoms with van der Waals surface area (Å²) in [4.78, 5) is 12.2. The maximum Gasteiger partial charge on any atom is 0.320 e. The summed E-state index contributed by atoms with van der Waals surface area (Å²) < 4.78 is 33.8. The van der Waals surface area contributed by atoms with Gasteiger partial charge in [-0.1, -0.05) is 54.6 Å². The maximum atomic E-state index is 15.1. The molecule has 0 aromatic heterocycles. The normalized spacial score (nSPS) is 13.4. The van der Waals surface area contributed by atoms with Crippen LogP contribution >= 0.6 is 0 Å². The van der Waals surface area contributed by atoms with Crippen molar-refractivity contribution in [2.75, 3.05) is 6.54 Å². The molecule has 3 nitrogen and oxygen atoms in total. The van der Waals surface area contributed by atoms with E-state index in [-0.39, 0.29) is 36.1 Å². The van der Waals surface area contributed by atoms with E-state index in [1.165, 1.54) is 12.1 Å². The monoisotopic (exact) mass is 465 g/mol. The Morgan fingerprint density at radius 3 is 2.26 bits per heavy atom. The molecule has 34 heavy (non-hydrogen) atoms. The summed E-state index contributed by atoms with van der Waals surface area (Å²) in [6.07, 6.45) is 1.41. The van der Waals surface area contributed by atoms with E-state index in [4.69, 9.17) is 4.74 Å². The molecule has 0 spiro atoms. The number of aryl methyl sites for hydroxylation is 1. The van der Waals surface area contributed by atoms with Crippen molar-refractivity contribution < 1.29 is 18.3 Å². The first-order chi connectivity index (χ1) is 16.1. The molecule has 0 fully saturated rings. The van der Waals surface area contributed by atoms with Crippen LogP contribution in [0.3, 0.4) is 0 Å². The first-order valence-corrected chi connectivity index (χ1v) is 11.7. The summed E-state index contributed by atoms with van der Waals surface area (Å²) >= 11 is 0. The third-order valence-corrected chi connectivity index (χ3v) is 5.76. The molecule has 0 aliphatic carbocycles. The van der Waals surface area contributed by atoms with Gasteiger partial charge in [0, 0.05) is 11.6 Å². The van der Waals surface area contributed by atoms with Crippen molar-refractivity contribution in [1.82, 2.24) is 5.32 Å². The molecular weight excluding hydrogens is 432 g/mol. The van der Waals surface area contributed by atoms with Crippen molar-refractivity contribution in [1.29, 1.82) is 0 Å². The second kappa shape index (κ2) is 11.4. The largest absolute Gasteiger partial charge is 0.459 e. The summed E-state index contributed by atoms with van der Waals surface area (Å²) in [5, 5.41) is 3.26. The van der Waals surface area contributed by atoms with Crippen LogP contribution in [-0.2, 0) is 16.0 Å². The van der Waals surface area contributed by atoms with Crippen LogP contribution in [0.4, 0.5) is 8.78 Å². The number of halogens is 2. The van der Waals surface area contributed by atoms with Crippen molar-refractivity contribution in [2.24, 2.45) is 0 Å². The Hall–Kier alpha value is -3.05. The SMILES string of the molecule is CC(NCC(=O)OC(C)(C)C)C(CCc1ccc(F)cc1)c1ccc(-c2ccccc2)c(F)c1. The third kappa shape index (κ3) is 7.49. The molecule has 0 saturated heterocycles. The fraction of sp³-hybridized carbons (Fsp3) is 0.345. The number of esters is 1. The van der Waals surface area contributed by atoms with Crippen LogP contribution < -0.4 is 5.32 Å². The number of carbonyl (C=O) groups excluding carboxylic acids is 1. The zero-order chi connectivity index (χ0) is 24.7. The molecule has 3 aromatic carbocycles. The highest BCUT2D eigenvalue weighted by Gasteiger charge is 2.23. The van der Waals surface area contributed by atoms with Crippen LogP contribution in [0, 0.1) is 11.6 Å². The molecule has 0 bridgehead atoms. The lowest BCUT2D eigenvalue weighted by molar-refractivity contribution is -0.153. The van der Waals surface area contributed by atoms with E-state index in [0.717, 1.165) is 16.7 Å². The number of hydrogen-bond donors (Lipinski definition) is 1. The van der Waals surface area contributed by atoms with Crippen LogP contribution in [0.5, 0.6) is 0 Å². The second-order valence-electron chi connectivity index (χ2n) is 9.63. The molecular formula is C29H33F2NO2. The number of hydrogen-bond acceptors (Lipinski definition) is 3. The number of benzene rings is 3. The topological polar surface area (TPSA) is 38.3 Å². The molecule has 0 saturated carbocycles. The highest BCUT2D eigenvalue weighted by atomic mass is 19.1. The fourth-order valence-electron chi connectivity index (χ4n) is 4.06. The summed E-state index contributed by atoms with van der Waals surface area (Å²) in [5.74, 6) is -0.949. The predicted octanol–water partition coefficient (Wildman–Crippen LogP) is 6.67. The zero-order valence-electron chi connectivity index (χ0n) is 20.3. The van der Waals surface area contributed by atoms with E-state index in [1.54, 1.807) is 18.2 Å². The smallest absolute Gasteiger partial charge is 0.320 e. The van der Waals surface area contributed by atoms with Gasteiger partial charge in [-0.2, -0.15) is 0 Å². The molecule has 0 radical (unpaired) electrons. The van der Waals surface area contributed by atoms with Gasteiger partial charge in [-0.15, -0.1) is 0 Å². The highest BCUT2D eigenvalue weighted by Crippen LogP contribution is 2.30. The quantitative estimate of drug-likeness (QED) is 0.359. The van der Waals surface area contributed by atoms with Gasteiger partial charge in [-0.25, -0.2) is 8.78 Å². The number of rotatable bonds is 9. The van der Waals surface area contributed by atoms with Gasteiger partial charge >= 0.3 is 5.97 Å². The number of carbonyl (C=O) groups is 1. The van der Waals surface area contributed by atoms with Gasteiger partial charge in [0.25, 0.3) is 0 Å². The average Bonchev–Trinajstić information content (AvgIpc) is 2.78. The van der Waals surface area contributed by atoms with Crippen LogP contribution in [0.25, 0.3) is 11.1 Å². The number of ether oxygens (including phenoxy) is 1. The van der Waals surface area contributed by atoms with Crippen LogP contribution in [0.2, 0.25) is 0 Å². The van der Waals surface area contributed by atoms with E-state index >= 15 is 4.39 Å². The Morgan fingerprint density at radius 2 is 1.65 bits per heavy atom. The van der Waals surface area contributed by atoms with Gasteiger partial charge in [0.15, 0.2) is 0 Å². The minimum absolute atomic E-state index is 0.0631. The summed E-state index contributed by atoms with van der Waals surface area (Å²) in [6.45, 7) is 7.55. The molecule has 180 valence electrons. The molecule has 3 aromatic rings. The van der Waals surface area contributed by atoms with E-state index in [9.17, 15) is 9.18 Å². The van der Waals surface area contributed by atoms with Crippen molar-refractivity contribution in [3.05, 3.63) is 95.6 Å². The van der Waals surface area contributed by atoms with Gasteiger partial charge in [0.05, 0.1) is 6.54 Å². The van der Waals surface area contributed by atoms with Crippen molar-refractivity contribution in [2.45, 2.75) is 58.1 Å². The first kappa shape index (κ1) is 25.6. The molecule has 0 aliphatic rings. The molecule has 0 heterocycles. The molecule has 3 rings (SSSR count). The zero-order valence-corrected chi connectivity index (χ0v) is 20.3. The van der Waals surface area contributed by atoms with Crippen LogP contribution in [0.15, 0.2) is 72.8 Å². The second-order valence-corrected chi connectivity index (χ2v) is 9.63. The Morgan fingerprint density at radius 1 is 0.971 bits per heavy atom. The molecule has 2 unspecified atom stereocenters. The fourth-order valence-corrected chi connectivity index (χ4v) is 4.06. The van der Waals surface area contributed by atoms with E-state index in [2.05, 4.69) is 5.32 Å². The van der Waals surface area contributed by atoms with Gasteiger partial charge in [0.2, 0.25) is 0 Å². The minimum Gasteiger partial charge on any atom is -0.459 e. The van der Waals surface area contributed by atoms with Gasteiger partial charge in [0.1, 0.15) is 17.2 Å². The number of nitrogens with one attached hydrogen (secondary N) is 1.